The van der Waals surface area contributed by atoms with E-state index in [4.69, 9.17) is 9.47 Å². The molecule has 0 aliphatic carbocycles. The largest absolute Gasteiger partial charge is 0.497 e. The molecule has 0 fully saturated rings. The molecule has 0 amide bonds. The first kappa shape index (κ1) is 14.2. The lowest BCUT2D eigenvalue weighted by molar-refractivity contribution is 0.399. The van der Waals surface area contributed by atoms with Crippen molar-refractivity contribution < 1.29 is 9.47 Å². The van der Waals surface area contributed by atoms with E-state index in [9.17, 15) is 0 Å². The van der Waals surface area contributed by atoms with Crippen LogP contribution in [0.3, 0.4) is 0 Å². The second kappa shape index (κ2) is 6.28. The van der Waals surface area contributed by atoms with Gasteiger partial charge in [0.05, 0.1) is 25.6 Å². The molecule has 1 heterocycles. The van der Waals surface area contributed by atoms with Crippen LogP contribution in [0.15, 0.2) is 30.3 Å². The Morgan fingerprint density at radius 2 is 1.85 bits per heavy atom. The minimum atomic E-state index is 0.659. The molecular formula is C16H20N2O2. The second-order valence-electron chi connectivity index (χ2n) is 4.62. The van der Waals surface area contributed by atoms with E-state index in [1.807, 2.05) is 44.2 Å². The molecule has 1 aromatic carbocycles. The average molecular weight is 272 g/mol. The Kier molecular flexibility index (Phi) is 4.45. The lowest BCUT2D eigenvalue weighted by Gasteiger charge is -2.13. The predicted molar refractivity (Wildman–Crippen MR) is 80.6 cm³/mol. The van der Waals surface area contributed by atoms with Gasteiger partial charge in [-0.05, 0) is 44.2 Å². The van der Waals surface area contributed by atoms with E-state index in [-0.39, 0.29) is 0 Å². The second-order valence-corrected chi connectivity index (χ2v) is 4.62. The van der Waals surface area contributed by atoms with E-state index in [2.05, 4.69) is 10.3 Å². The van der Waals surface area contributed by atoms with Gasteiger partial charge >= 0.3 is 0 Å². The number of aromatic nitrogens is 1. The van der Waals surface area contributed by atoms with Crippen LogP contribution < -0.4 is 14.8 Å². The number of nitrogens with one attached hydrogen (secondary N) is 1. The van der Waals surface area contributed by atoms with Gasteiger partial charge in [0.15, 0.2) is 0 Å². The van der Waals surface area contributed by atoms with Crippen molar-refractivity contribution in [2.24, 2.45) is 0 Å². The maximum atomic E-state index is 5.37. The van der Waals surface area contributed by atoms with Gasteiger partial charge in [0.25, 0.3) is 0 Å². The number of hydrogen-bond acceptors (Lipinski definition) is 4. The highest BCUT2D eigenvalue weighted by molar-refractivity contribution is 5.50. The average Bonchev–Trinajstić information content (AvgIpc) is 2.46. The van der Waals surface area contributed by atoms with E-state index in [0.717, 1.165) is 34.1 Å². The SMILES string of the molecule is COc1ccc(OC)c(CNc2ccc(C)nc2C)c1. The predicted octanol–water partition coefficient (Wildman–Crippen LogP) is 3.33. The van der Waals surface area contributed by atoms with Crippen molar-refractivity contribution in [1.29, 1.82) is 0 Å². The fourth-order valence-electron chi connectivity index (χ4n) is 2.08. The van der Waals surface area contributed by atoms with Crippen LogP contribution in [-0.4, -0.2) is 19.2 Å². The summed E-state index contributed by atoms with van der Waals surface area (Å²) < 4.78 is 10.6. The van der Waals surface area contributed by atoms with Gasteiger partial charge in [-0.1, -0.05) is 0 Å². The molecule has 4 heteroatoms. The molecule has 2 rings (SSSR count). The summed E-state index contributed by atoms with van der Waals surface area (Å²) in [6.07, 6.45) is 0. The molecule has 1 aromatic heterocycles. The summed E-state index contributed by atoms with van der Waals surface area (Å²) in [5.74, 6) is 1.66. The van der Waals surface area contributed by atoms with Gasteiger partial charge in [-0.2, -0.15) is 0 Å². The zero-order chi connectivity index (χ0) is 14.5. The molecule has 0 atom stereocenters. The highest BCUT2D eigenvalue weighted by Crippen LogP contribution is 2.25. The zero-order valence-corrected chi connectivity index (χ0v) is 12.4. The topological polar surface area (TPSA) is 43.4 Å². The first-order chi connectivity index (χ1) is 9.63. The molecular weight excluding hydrogens is 252 g/mol. The summed E-state index contributed by atoms with van der Waals surface area (Å²) >= 11 is 0. The van der Waals surface area contributed by atoms with Gasteiger partial charge in [0.1, 0.15) is 11.5 Å². The van der Waals surface area contributed by atoms with E-state index in [1.165, 1.54) is 0 Å². The molecule has 0 spiro atoms. The normalized spacial score (nSPS) is 10.2. The first-order valence-electron chi connectivity index (χ1n) is 6.53. The van der Waals surface area contributed by atoms with Crippen LogP contribution >= 0.6 is 0 Å². The minimum Gasteiger partial charge on any atom is -0.497 e. The van der Waals surface area contributed by atoms with Crippen molar-refractivity contribution in [3.05, 3.63) is 47.3 Å². The number of benzene rings is 1. The van der Waals surface area contributed by atoms with Crippen LogP contribution in [-0.2, 0) is 6.54 Å². The summed E-state index contributed by atoms with van der Waals surface area (Å²) in [7, 11) is 3.33. The Hall–Kier alpha value is -2.23. The molecule has 20 heavy (non-hydrogen) atoms. The number of nitrogens with zero attached hydrogens (tertiary/aromatic N) is 1. The summed E-state index contributed by atoms with van der Waals surface area (Å²) in [6.45, 7) is 4.64. The van der Waals surface area contributed by atoms with E-state index < -0.39 is 0 Å². The van der Waals surface area contributed by atoms with Crippen LogP contribution in [0, 0.1) is 13.8 Å². The zero-order valence-electron chi connectivity index (χ0n) is 12.4. The van der Waals surface area contributed by atoms with E-state index >= 15 is 0 Å². The Balaban J connectivity index is 2.17. The maximum absolute atomic E-state index is 5.37. The van der Waals surface area contributed by atoms with Crippen molar-refractivity contribution in [2.75, 3.05) is 19.5 Å². The lowest BCUT2D eigenvalue weighted by atomic mass is 10.1. The highest BCUT2D eigenvalue weighted by Gasteiger charge is 2.06. The van der Waals surface area contributed by atoms with Gasteiger partial charge < -0.3 is 14.8 Å². The molecule has 0 bridgehead atoms. The van der Waals surface area contributed by atoms with Crippen LogP contribution in [0.4, 0.5) is 5.69 Å². The first-order valence-corrected chi connectivity index (χ1v) is 6.53. The summed E-state index contributed by atoms with van der Waals surface area (Å²) in [5, 5.41) is 3.38. The van der Waals surface area contributed by atoms with Crippen LogP contribution in [0.5, 0.6) is 11.5 Å². The maximum Gasteiger partial charge on any atom is 0.124 e. The molecule has 1 N–H and O–H groups in total. The molecule has 0 saturated heterocycles. The monoisotopic (exact) mass is 272 g/mol. The number of aryl methyl sites for hydroxylation is 2. The lowest BCUT2D eigenvalue weighted by Crippen LogP contribution is -2.04. The van der Waals surface area contributed by atoms with Crippen LogP contribution in [0.2, 0.25) is 0 Å². The molecule has 0 aliphatic heterocycles. The Morgan fingerprint density at radius 1 is 1.05 bits per heavy atom. The third-order valence-corrected chi connectivity index (χ3v) is 3.18. The summed E-state index contributed by atoms with van der Waals surface area (Å²) in [6, 6.07) is 9.82. The quantitative estimate of drug-likeness (QED) is 0.906. The Labute approximate surface area is 119 Å². The van der Waals surface area contributed by atoms with Crippen LogP contribution in [0.1, 0.15) is 17.0 Å². The Bertz CT molecular complexity index is 597. The number of methoxy groups -OCH3 is 2. The van der Waals surface area contributed by atoms with Gasteiger partial charge in [0.2, 0.25) is 0 Å². The summed E-state index contributed by atoms with van der Waals surface area (Å²) in [4.78, 5) is 4.44. The molecule has 0 saturated carbocycles. The Morgan fingerprint density at radius 3 is 2.50 bits per heavy atom. The van der Waals surface area contributed by atoms with Crippen molar-refractivity contribution in [2.45, 2.75) is 20.4 Å². The minimum absolute atomic E-state index is 0.659. The van der Waals surface area contributed by atoms with E-state index in [1.54, 1.807) is 14.2 Å². The fourth-order valence-corrected chi connectivity index (χ4v) is 2.08. The molecule has 4 nitrogen and oxygen atoms in total. The molecule has 0 radical (unpaired) electrons. The van der Waals surface area contributed by atoms with Gasteiger partial charge in [-0.15, -0.1) is 0 Å². The van der Waals surface area contributed by atoms with Crippen molar-refractivity contribution >= 4 is 5.69 Å². The van der Waals surface area contributed by atoms with Gasteiger partial charge in [-0.25, -0.2) is 0 Å². The molecule has 2 aromatic rings. The fraction of sp³-hybridized carbons (Fsp3) is 0.312. The molecule has 0 aliphatic rings. The molecule has 106 valence electrons. The number of ether oxygens (including phenoxy) is 2. The van der Waals surface area contributed by atoms with Crippen molar-refractivity contribution in [1.82, 2.24) is 4.98 Å². The van der Waals surface area contributed by atoms with E-state index in [0.29, 0.717) is 6.54 Å². The van der Waals surface area contributed by atoms with Gasteiger partial charge in [-0.3, -0.25) is 4.98 Å². The highest BCUT2D eigenvalue weighted by atomic mass is 16.5. The third kappa shape index (κ3) is 3.20. The number of hydrogen-bond donors (Lipinski definition) is 1. The number of rotatable bonds is 5. The number of pyridine rings is 1. The smallest absolute Gasteiger partial charge is 0.124 e. The third-order valence-electron chi connectivity index (χ3n) is 3.18. The number of anilines is 1. The van der Waals surface area contributed by atoms with Gasteiger partial charge in [0, 0.05) is 17.8 Å². The van der Waals surface area contributed by atoms with Crippen molar-refractivity contribution in [3.8, 4) is 11.5 Å². The summed E-state index contributed by atoms with van der Waals surface area (Å²) in [5.41, 5.74) is 4.09. The van der Waals surface area contributed by atoms with Crippen LogP contribution in [0.25, 0.3) is 0 Å². The van der Waals surface area contributed by atoms with Crippen molar-refractivity contribution in [3.63, 3.8) is 0 Å². The molecule has 0 unspecified atom stereocenters. The standard InChI is InChI=1S/C16H20N2O2/c1-11-5-7-15(12(2)18-11)17-10-13-9-14(19-3)6-8-16(13)20-4/h5-9,17H,10H2,1-4H3.